The van der Waals surface area contributed by atoms with Gasteiger partial charge in [-0.05, 0) is 0 Å². The maximum atomic E-state index is 5.82. The van der Waals surface area contributed by atoms with Crippen LogP contribution in [-0.2, 0) is 9.47 Å². The summed E-state index contributed by atoms with van der Waals surface area (Å²) in [6.07, 6.45) is 1.59. The summed E-state index contributed by atoms with van der Waals surface area (Å²) in [5, 5.41) is 0.444. The van der Waals surface area contributed by atoms with Crippen molar-refractivity contribution in [2.75, 3.05) is 32.2 Å². The molecule has 1 aromatic rings. The van der Waals surface area contributed by atoms with E-state index in [4.69, 9.17) is 21.1 Å². The molecule has 16 heavy (non-hydrogen) atoms. The van der Waals surface area contributed by atoms with Crippen LogP contribution in [0.5, 0.6) is 0 Å². The average Bonchev–Trinajstić information content (AvgIpc) is 2.72. The van der Waals surface area contributed by atoms with Crippen LogP contribution in [0.2, 0.25) is 5.15 Å². The molecule has 1 fully saturated rings. The lowest BCUT2D eigenvalue weighted by molar-refractivity contribution is -0.00461. The van der Waals surface area contributed by atoms with Crippen molar-refractivity contribution in [3.63, 3.8) is 0 Å². The monoisotopic (exact) mass is 243 g/mol. The van der Waals surface area contributed by atoms with E-state index in [9.17, 15) is 0 Å². The van der Waals surface area contributed by atoms with Gasteiger partial charge in [0.25, 0.3) is 0 Å². The Morgan fingerprint density at radius 3 is 2.38 bits per heavy atom. The highest BCUT2D eigenvalue weighted by Crippen LogP contribution is 2.22. The van der Waals surface area contributed by atoms with Crippen molar-refractivity contribution in [3.8, 4) is 0 Å². The van der Waals surface area contributed by atoms with Crippen molar-refractivity contribution in [1.29, 1.82) is 0 Å². The van der Waals surface area contributed by atoms with Gasteiger partial charge in [0.2, 0.25) is 0 Å². The van der Waals surface area contributed by atoms with Crippen LogP contribution < -0.4 is 4.90 Å². The van der Waals surface area contributed by atoms with E-state index in [-0.39, 0.29) is 12.2 Å². The minimum atomic E-state index is 0.0683. The first-order valence-corrected chi connectivity index (χ1v) is 5.40. The first-order chi connectivity index (χ1) is 7.74. The molecule has 0 N–H and O–H groups in total. The first-order valence-electron chi connectivity index (χ1n) is 5.02. The van der Waals surface area contributed by atoms with Gasteiger partial charge < -0.3 is 14.4 Å². The zero-order valence-corrected chi connectivity index (χ0v) is 10.0. The van der Waals surface area contributed by atoms with Crippen LogP contribution in [-0.4, -0.2) is 49.5 Å². The smallest absolute Gasteiger partial charge is 0.134 e. The van der Waals surface area contributed by atoms with Crippen molar-refractivity contribution >= 4 is 17.4 Å². The Morgan fingerprint density at radius 2 is 1.88 bits per heavy atom. The molecule has 6 heteroatoms. The predicted molar refractivity (Wildman–Crippen MR) is 60.8 cm³/mol. The van der Waals surface area contributed by atoms with Gasteiger partial charge in [-0.1, -0.05) is 11.6 Å². The van der Waals surface area contributed by atoms with Crippen molar-refractivity contribution in [3.05, 3.63) is 17.5 Å². The van der Waals surface area contributed by atoms with Crippen molar-refractivity contribution in [1.82, 2.24) is 9.97 Å². The maximum Gasteiger partial charge on any atom is 0.134 e. The summed E-state index contributed by atoms with van der Waals surface area (Å²) in [6, 6.07) is 1.74. The van der Waals surface area contributed by atoms with Crippen molar-refractivity contribution in [2.24, 2.45) is 0 Å². The third-order valence-corrected chi connectivity index (χ3v) is 2.97. The number of halogens is 1. The molecule has 0 unspecified atom stereocenters. The van der Waals surface area contributed by atoms with E-state index in [2.05, 4.69) is 14.9 Å². The Kier molecular flexibility index (Phi) is 3.58. The van der Waals surface area contributed by atoms with Crippen LogP contribution in [0.3, 0.4) is 0 Å². The number of methoxy groups -OCH3 is 2. The molecule has 1 saturated heterocycles. The molecule has 0 bridgehead atoms. The van der Waals surface area contributed by atoms with E-state index >= 15 is 0 Å². The second-order valence-electron chi connectivity index (χ2n) is 3.65. The number of hydrogen-bond donors (Lipinski definition) is 0. The Balaban J connectivity index is 2.12. The molecule has 1 aliphatic heterocycles. The number of hydrogen-bond acceptors (Lipinski definition) is 5. The molecule has 88 valence electrons. The lowest BCUT2D eigenvalue weighted by atomic mass is 10.3. The van der Waals surface area contributed by atoms with Gasteiger partial charge in [0, 0.05) is 33.4 Å². The Morgan fingerprint density at radius 1 is 1.25 bits per heavy atom. The van der Waals surface area contributed by atoms with E-state index in [0.29, 0.717) is 5.15 Å². The van der Waals surface area contributed by atoms with Gasteiger partial charge in [0.1, 0.15) is 29.5 Å². The van der Waals surface area contributed by atoms with Crippen molar-refractivity contribution in [2.45, 2.75) is 12.2 Å². The predicted octanol–water partition coefficient (Wildman–Crippen LogP) is 0.980. The van der Waals surface area contributed by atoms with Gasteiger partial charge in [0.05, 0.1) is 0 Å². The molecule has 1 aliphatic rings. The average molecular weight is 244 g/mol. The fourth-order valence-corrected chi connectivity index (χ4v) is 2.02. The van der Waals surface area contributed by atoms with Gasteiger partial charge >= 0.3 is 0 Å². The molecule has 0 spiro atoms. The van der Waals surface area contributed by atoms with Gasteiger partial charge in [-0.25, -0.2) is 9.97 Å². The highest BCUT2D eigenvalue weighted by Gasteiger charge is 2.33. The molecule has 0 amide bonds. The van der Waals surface area contributed by atoms with Gasteiger partial charge in [-0.3, -0.25) is 0 Å². The van der Waals surface area contributed by atoms with Crippen LogP contribution in [0.1, 0.15) is 0 Å². The summed E-state index contributed by atoms with van der Waals surface area (Å²) >= 11 is 5.82. The molecular weight excluding hydrogens is 230 g/mol. The summed E-state index contributed by atoms with van der Waals surface area (Å²) in [7, 11) is 3.38. The van der Waals surface area contributed by atoms with E-state index < -0.39 is 0 Å². The van der Waals surface area contributed by atoms with Crippen LogP contribution >= 0.6 is 11.6 Å². The molecule has 5 nitrogen and oxygen atoms in total. The van der Waals surface area contributed by atoms with Crippen LogP contribution in [0.15, 0.2) is 12.4 Å². The third kappa shape index (κ3) is 2.26. The van der Waals surface area contributed by atoms with E-state index in [1.165, 1.54) is 6.33 Å². The molecule has 2 rings (SSSR count). The van der Waals surface area contributed by atoms with Crippen molar-refractivity contribution < 1.29 is 9.47 Å². The second-order valence-corrected chi connectivity index (χ2v) is 4.04. The highest BCUT2D eigenvalue weighted by atomic mass is 35.5. The zero-order valence-electron chi connectivity index (χ0n) is 9.26. The van der Waals surface area contributed by atoms with Crippen LogP contribution in [0.4, 0.5) is 5.82 Å². The Labute approximate surface area is 99.3 Å². The van der Waals surface area contributed by atoms with E-state index in [1.807, 2.05) is 0 Å². The summed E-state index contributed by atoms with van der Waals surface area (Å²) < 4.78 is 10.7. The molecule has 2 heterocycles. The molecule has 2 atom stereocenters. The van der Waals surface area contributed by atoms with Gasteiger partial charge in [-0.2, -0.15) is 0 Å². The number of nitrogens with zero attached hydrogens (tertiary/aromatic N) is 3. The highest BCUT2D eigenvalue weighted by molar-refractivity contribution is 6.29. The quantitative estimate of drug-likeness (QED) is 0.741. The zero-order chi connectivity index (χ0) is 11.5. The topological polar surface area (TPSA) is 47.5 Å². The lowest BCUT2D eigenvalue weighted by Crippen LogP contribution is -2.27. The first kappa shape index (κ1) is 11.6. The lowest BCUT2D eigenvalue weighted by Gasteiger charge is -2.16. The minimum Gasteiger partial charge on any atom is -0.377 e. The van der Waals surface area contributed by atoms with Gasteiger partial charge in [-0.15, -0.1) is 0 Å². The third-order valence-electron chi connectivity index (χ3n) is 2.76. The second kappa shape index (κ2) is 4.95. The summed E-state index contributed by atoms with van der Waals surface area (Å²) in [4.78, 5) is 10.1. The maximum absolute atomic E-state index is 5.82. The summed E-state index contributed by atoms with van der Waals surface area (Å²) in [5.41, 5.74) is 0. The normalized spacial score (nSPS) is 25.1. The number of aromatic nitrogens is 2. The Bertz CT molecular complexity index is 352. The largest absolute Gasteiger partial charge is 0.377 e. The summed E-state index contributed by atoms with van der Waals surface area (Å²) in [5.74, 6) is 0.807. The minimum absolute atomic E-state index is 0.0683. The number of ether oxygens (including phenoxy) is 2. The molecule has 0 saturated carbocycles. The molecule has 1 aromatic heterocycles. The number of anilines is 1. The number of rotatable bonds is 3. The van der Waals surface area contributed by atoms with Crippen LogP contribution in [0.25, 0.3) is 0 Å². The van der Waals surface area contributed by atoms with E-state index in [1.54, 1.807) is 20.3 Å². The Hall–Kier alpha value is -0.910. The molecule has 0 aromatic carbocycles. The SMILES string of the molecule is CO[C@H]1CN(c2cc(Cl)ncn2)C[C@H]1OC. The molecule has 0 radical (unpaired) electrons. The van der Waals surface area contributed by atoms with Gasteiger partial charge in [0.15, 0.2) is 0 Å². The molecular formula is C10H14ClN3O2. The van der Waals surface area contributed by atoms with Crippen LogP contribution in [0, 0.1) is 0 Å². The van der Waals surface area contributed by atoms with E-state index in [0.717, 1.165) is 18.9 Å². The molecule has 0 aliphatic carbocycles. The standard InChI is InChI=1S/C10H14ClN3O2/c1-15-7-4-14(5-8(7)16-2)10-3-9(11)12-6-13-10/h3,6-8H,4-5H2,1-2H3/t7-,8+. The fourth-order valence-electron chi connectivity index (χ4n) is 1.88. The summed E-state index contributed by atoms with van der Waals surface area (Å²) in [6.45, 7) is 1.50. The fraction of sp³-hybridized carbons (Fsp3) is 0.600.